The Bertz CT molecular complexity index is 58.1. The van der Waals surface area contributed by atoms with Gasteiger partial charge in [0.1, 0.15) is 0 Å². The van der Waals surface area contributed by atoms with Gasteiger partial charge in [-0.05, 0) is 6.42 Å². The maximum Gasteiger partial charge on any atom is -0.0163 e. The van der Waals surface area contributed by atoms with Gasteiger partial charge in [0.2, 0.25) is 0 Å². The summed E-state index contributed by atoms with van der Waals surface area (Å²) < 4.78 is 0. The summed E-state index contributed by atoms with van der Waals surface area (Å²) in [6.45, 7) is 4.00. The Hall–Kier alpha value is -0.520. The van der Waals surface area contributed by atoms with Crippen LogP contribution in [0.2, 0.25) is 0 Å². The number of allylic oxidation sites excluding steroid dienone is 4. The van der Waals surface area contributed by atoms with Crippen LogP contribution in [0.15, 0.2) is 24.3 Å². The van der Waals surface area contributed by atoms with Crippen LogP contribution in [0.25, 0.3) is 0 Å². The maximum absolute atomic E-state index is 2.12. The minimum Gasteiger partial charge on any atom is -0.0808 e. The van der Waals surface area contributed by atoms with Gasteiger partial charge in [-0.2, -0.15) is 0 Å². The van der Waals surface area contributed by atoms with E-state index in [0.29, 0.717) is 0 Å². The van der Waals surface area contributed by atoms with Crippen LogP contribution in [-0.2, 0) is 0 Å². The van der Waals surface area contributed by atoms with Gasteiger partial charge in [-0.15, -0.1) is 0 Å². The second kappa shape index (κ2) is 9.70. The Morgan fingerprint density at radius 3 is 1.50 bits per heavy atom. The fraction of sp³-hybridized carbons (Fsp3) is 0.500. The molecule has 0 fully saturated rings. The molecule has 0 atom stereocenters. The van der Waals surface area contributed by atoms with Crippen LogP contribution in [0.1, 0.15) is 27.7 Å². The first-order valence-corrected chi connectivity index (χ1v) is 2.82. The van der Waals surface area contributed by atoms with Gasteiger partial charge in [-0.3, -0.25) is 0 Å². The number of hydrogen-bond donors (Lipinski definition) is 0. The Labute approximate surface area is 52.9 Å². The predicted molar refractivity (Wildman–Crippen MR) is 41.0 cm³/mol. The predicted octanol–water partition coefficient (Wildman–Crippen LogP) is 3.16. The molecule has 48 valence electrons. The van der Waals surface area contributed by atoms with Crippen LogP contribution in [0.5, 0.6) is 0 Å². The number of rotatable bonds is 0. The molecule has 0 bridgehead atoms. The standard InChI is InChI=1S/C5H6.C2H6.CH4/c1-2-4-5-3-1;1-2;/h1-4H,5H2;1-2H3;1H4. The lowest BCUT2D eigenvalue weighted by atomic mass is 10.5. The van der Waals surface area contributed by atoms with Crippen LogP contribution in [0, 0.1) is 0 Å². The van der Waals surface area contributed by atoms with Crippen molar-refractivity contribution in [1.82, 2.24) is 0 Å². The van der Waals surface area contributed by atoms with E-state index >= 15 is 0 Å². The first-order valence-electron chi connectivity index (χ1n) is 2.82. The topological polar surface area (TPSA) is 0 Å². The van der Waals surface area contributed by atoms with Gasteiger partial charge >= 0.3 is 0 Å². The summed E-state index contributed by atoms with van der Waals surface area (Å²) >= 11 is 0. The third-order valence-corrected chi connectivity index (χ3v) is 0.655. The molecule has 0 radical (unpaired) electrons. The molecule has 0 saturated heterocycles. The van der Waals surface area contributed by atoms with Gasteiger partial charge in [-0.1, -0.05) is 45.6 Å². The van der Waals surface area contributed by atoms with Gasteiger partial charge in [0.25, 0.3) is 0 Å². The van der Waals surface area contributed by atoms with Gasteiger partial charge in [0.05, 0.1) is 0 Å². The molecule has 0 aromatic carbocycles. The molecule has 0 heterocycles. The molecule has 0 spiro atoms. The van der Waals surface area contributed by atoms with E-state index in [4.69, 9.17) is 0 Å². The second-order valence-electron chi connectivity index (χ2n) is 1.09. The largest absolute Gasteiger partial charge is 0.0808 e. The maximum atomic E-state index is 2.12. The van der Waals surface area contributed by atoms with Crippen molar-refractivity contribution in [1.29, 1.82) is 0 Å². The Balaban J connectivity index is 0. The summed E-state index contributed by atoms with van der Waals surface area (Å²) in [4.78, 5) is 0. The molecule has 0 aromatic rings. The van der Waals surface area contributed by atoms with Crippen molar-refractivity contribution in [2.24, 2.45) is 0 Å². The summed E-state index contributed by atoms with van der Waals surface area (Å²) in [5.41, 5.74) is 0. The first kappa shape index (κ1) is 10.5. The smallest absolute Gasteiger partial charge is 0.0163 e. The van der Waals surface area contributed by atoms with E-state index in [-0.39, 0.29) is 7.43 Å². The zero-order valence-corrected chi connectivity index (χ0v) is 5.02. The van der Waals surface area contributed by atoms with E-state index in [9.17, 15) is 0 Å². The SMILES string of the molecule is C.C1=CCC=C1.CC. The van der Waals surface area contributed by atoms with Crippen molar-refractivity contribution >= 4 is 0 Å². The van der Waals surface area contributed by atoms with Crippen LogP contribution in [0.4, 0.5) is 0 Å². The van der Waals surface area contributed by atoms with Gasteiger partial charge in [-0.25, -0.2) is 0 Å². The summed E-state index contributed by atoms with van der Waals surface area (Å²) in [7, 11) is 0. The van der Waals surface area contributed by atoms with Crippen molar-refractivity contribution < 1.29 is 0 Å². The molecule has 0 nitrogen and oxygen atoms in total. The van der Waals surface area contributed by atoms with E-state index in [0.717, 1.165) is 6.42 Å². The van der Waals surface area contributed by atoms with Crippen molar-refractivity contribution in [3.05, 3.63) is 24.3 Å². The minimum atomic E-state index is 0. The Kier molecular flexibility index (Phi) is 12.7. The molecule has 0 unspecified atom stereocenters. The zero-order valence-electron chi connectivity index (χ0n) is 5.02. The molecule has 0 amide bonds. The monoisotopic (exact) mass is 112 g/mol. The lowest BCUT2D eigenvalue weighted by Gasteiger charge is -1.57. The fourth-order valence-electron chi connectivity index (χ4n) is 0.393. The normalized spacial score (nSPS) is 11.8. The average Bonchev–Trinajstić information content (AvgIpc) is 2.23. The highest BCUT2D eigenvalue weighted by Gasteiger charge is 1.72. The third-order valence-electron chi connectivity index (χ3n) is 0.655. The van der Waals surface area contributed by atoms with E-state index in [2.05, 4.69) is 24.3 Å². The number of hydrogen-bond acceptors (Lipinski definition) is 0. The van der Waals surface area contributed by atoms with Crippen molar-refractivity contribution in [3.8, 4) is 0 Å². The molecule has 1 rings (SSSR count). The molecule has 0 aliphatic heterocycles. The molecule has 1 aliphatic carbocycles. The molecule has 0 saturated carbocycles. The fourth-order valence-corrected chi connectivity index (χ4v) is 0.393. The van der Waals surface area contributed by atoms with Gasteiger partial charge in [0.15, 0.2) is 0 Å². The van der Waals surface area contributed by atoms with Crippen LogP contribution >= 0.6 is 0 Å². The van der Waals surface area contributed by atoms with Crippen LogP contribution < -0.4 is 0 Å². The minimum absolute atomic E-state index is 0. The summed E-state index contributed by atoms with van der Waals surface area (Å²) in [6, 6.07) is 0. The second-order valence-corrected chi connectivity index (χ2v) is 1.09. The Morgan fingerprint density at radius 1 is 1.00 bits per heavy atom. The molecule has 0 heteroatoms. The molecule has 0 N–H and O–H groups in total. The van der Waals surface area contributed by atoms with Crippen LogP contribution in [0.3, 0.4) is 0 Å². The van der Waals surface area contributed by atoms with Crippen molar-refractivity contribution in [3.63, 3.8) is 0 Å². The highest BCUT2D eigenvalue weighted by atomic mass is 13.8. The van der Waals surface area contributed by atoms with E-state index in [1.54, 1.807) is 0 Å². The lowest BCUT2D eigenvalue weighted by Crippen LogP contribution is -1.37. The van der Waals surface area contributed by atoms with E-state index in [1.807, 2.05) is 13.8 Å². The van der Waals surface area contributed by atoms with Gasteiger partial charge in [0, 0.05) is 0 Å². The van der Waals surface area contributed by atoms with E-state index < -0.39 is 0 Å². The molecule has 1 aliphatic rings. The summed E-state index contributed by atoms with van der Waals surface area (Å²) in [5.74, 6) is 0. The third kappa shape index (κ3) is 5.48. The molecular weight excluding hydrogens is 96.1 g/mol. The molecule has 8 heavy (non-hydrogen) atoms. The molecule has 0 aromatic heterocycles. The summed E-state index contributed by atoms with van der Waals surface area (Å²) in [5, 5.41) is 0. The van der Waals surface area contributed by atoms with E-state index in [1.165, 1.54) is 0 Å². The molecular formula is C8H16. The Morgan fingerprint density at radius 2 is 1.38 bits per heavy atom. The average molecular weight is 112 g/mol. The quantitative estimate of drug-likeness (QED) is 0.451. The van der Waals surface area contributed by atoms with Crippen molar-refractivity contribution in [2.45, 2.75) is 27.7 Å². The highest BCUT2D eigenvalue weighted by molar-refractivity contribution is 5.11. The first-order chi connectivity index (χ1) is 3.50. The van der Waals surface area contributed by atoms with Crippen LogP contribution in [-0.4, -0.2) is 0 Å². The van der Waals surface area contributed by atoms with Gasteiger partial charge < -0.3 is 0 Å². The summed E-state index contributed by atoms with van der Waals surface area (Å²) in [6.07, 6.45) is 9.50. The highest BCUT2D eigenvalue weighted by Crippen LogP contribution is 1.93. The zero-order chi connectivity index (χ0) is 5.54. The lowest BCUT2D eigenvalue weighted by molar-refractivity contribution is 1.45. The van der Waals surface area contributed by atoms with Crippen molar-refractivity contribution in [2.75, 3.05) is 0 Å².